The van der Waals surface area contributed by atoms with Crippen molar-refractivity contribution in [2.24, 2.45) is 0 Å². The van der Waals surface area contributed by atoms with Crippen molar-refractivity contribution >= 4 is 11.9 Å². The van der Waals surface area contributed by atoms with E-state index in [0.717, 1.165) is 0 Å². The topological polar surface area (TPSA) is 52.6 Å². The van der Waals surface area contributed by atoms with E-state index in [0.29, 0.717) is 25.7 Å². The van der Waals surface area contributed by atoms with E-state index in [2.05, 4.69) is 4.74 Å². The quantitative estimate of drug-likeness (QED) is 0.521. The molecule has 0 spiro atoms. The molecule has 4 heteroatoms. The summed E-state index contributed by atoms with van der Waals surface area (Å²) in [6.07, 6.45) is 2.03. The number of methoxy groups -OCH3 is 1. The van der Waals surface area contributed by atoms with Gasteiger partial charge in [-0.05, 0) is 33.6 Å². The lowest BCUT2D eigenvalue weighted by molar-refractivity contribution is -0.155. The van der Waals surface area contributed by atoms with E-state index in [1.54, 1.807) is 0 Å². The first-order valence-corrected chi connectivity index (χ1v) is 5.14. The van der Waals surface area contributed by atoms with Crippen LogP contribution >= 0.6 is 0 Å². The first kappa shape index (κ1) is 13.9. The zero-order valence-electron chi connectivity index (χ0n) is 9.96. The van der Waals surface area contributed by atoms with Gasteiger partial charge in [-0.1, -0.05) is 0 Å². The Hall–Kier alpha value is -1.06. The SMILES string of the molecule is COC(=O)CCCCC(=O)OC(C)(C)C. The molecule has 4 nitrogen and oxygen atoms in total. The molecule has 0 atom stereocenters. The highest BCUT2D eigenvalue weighted by atomic mass is 16.6. The summed E-state index contributed by atoms with van der Waals surface area (Å²) >= 11 is 0. The van der Waals surface area contributed by atoms with Crippen LogP contribution in [0.2, 0.25) is 0 Å². The summed E-state index contributed by atoms with van der Waals surface area (Å²) in [5.41, 5.74) is -0.431. The first-order valence-electron chi connectivity index (χ1n) is 5.14. The van der Waals surface area contributed by atoms with E-state index in [-0.39, 0.29) is 11.9 Å². The monoisotopic (exact) mass is 216 g/mol. The zero-order valence-corrected chi connectivity index (χ0v) is 9.96. The van der Waals surface area contributed by atoms with Crippen molar-refractivity contribution in [3.8, 4) is 0 Å². The van der Waals surface area contributed by atoms with Gasteiger partial charge in [0.1, 0.15) is 5.60 Å². The minimum absolute atomic E-state index is 0.215. The Labute approximate surface area is 90.9 Å². The van der Waals surface area contributed by atoms with Gasteiger partial charge in [-0.3, -0.25) is 9.59 Å². The third-order valence-electron chi connectivity index (χ3n) is 1.66. The van der Waals surface area contributed by atoms with Gasteiger partial charge < -0.3 is 9.47 Å². The Balaban J connectivity index is 3.52. The molecule has 0 aromatic heterocycles. The van der Waals surface area contributed by atoms with Crippen LogP contribution < -0.4 is 0 Å². The minimum Gasteiger partial charge on any atom is -0.469 e. The second-order valence-corrected chi connectivity index (χ2v) is 4.37. The molecule has 15 heavy (non-hydrogen) atoms. The van der Waals surface area contributed by atoms with Gasteiger partial charge in [-0.15, -0.1) is 0 Å². The summed E-state index contributed by atoms with van der Waals surface area (Å²) in [5, 5.41) is 0. The fourth-order valence-electron chi connectivity index (χ4n) is 1.03. The molecule has 0 aliphatic carbocycles. The molecule has 0 aromatic rings. The molecule has 0 saturated carbocycles. The van der Waals surface area contributed by atoms with Crippen LogP contribution in [0.15, 0.2) is 0 Å². The maximum absolute atomic E-state index is 11.2. The van der Waals surface area contributed by atoms with Crippen LogP contribution in [0.5, 0.6) is 0 Å². The van der Waals surface area contributed by atoms with E-state index >= 15 is 0 Å². The number of carbonyl (C=O) groups excluding carboxylic acids is 2. The molecule has 0 amide bonds. The number of rotatable bonds is 5. The molecular weight excluding hydrogens is 196 g/mol. The van der Waals surface area contributed by atoms with E-state index in [9.17, 15) is 9.59 Å². The van der Waals surface area contributed by atoms with Crippen molar-refractivity contribution in [3.05, 3.63) is 0 Å². The molecule has 0 heterocycles. The first-order chi connectivity index (χ1) is 6.85. The molecule has 0 aliphatic heterocycles. The lowest BCUT2D eigenvalue weighted by atomic mass is 10.1. The third kappa shape index (κ3) is 9.25. The number of hydrogen-bond donors (Lipinski definition) is 0. The normalized spacial score (nSPS) is 10.9. The molecule has 0 aliphatic rings. The van der Waals surface area contributed by atoms with Gasteiger partial charge in [0.25, 0.3) is 0 Å². The zero-order chi connectivity index (χ0) is 11.9. The molecule has 0 saturated heterocycles. The standard InChI is InChI=1S/C11H20O4/c1-11(2,3)15-10(13)8-6-5-7-9(12)14-4/h5-8H2,1-4H3. The van der Waals surface area contributed by atoms with Gasteiger partial charge >= 0.3 is 11.9 Å². The van der Waals surface area contributed by atoms with Crippen molar-refractivity contribution < 1.29 is 19.1 Å². The van der Waals surface area contributed by atoms with Crippen LogP contribution in [0.3, 0.4) is 0 Å². The number of hydrogen-bond acceptors (Lipinski definition) is 4. The molecular formula is C11H20O4. The molecule has 0 rings (SSSR count). The molecule has 88 valence electrons. The van der Waals surface area contributed by atoms with E-state index < -0.39 is 5.60 Å². The van der Waals surface area contributed by atoms with E-state index in [4.69, 9.17) is 4.74 Å². The number of esters is 2. The summed E-state index contributed by atoms with van der Waals surface area (Å²) in [6.45, 7) is 5.50. The van der Waals surface area contributed by atoms with Crippen molar-refractivity contribution in [1.82, 2.24) is 0 Å². The smallest absolute Gasteiger partial charge is 0.306 e. The second kappa shape index (κ2) is 6.43. The Bertz CT molecular complexity index is 215. The van der Waals surface area contributed by atoms with Crippen molar-refractivity contribution in [3.63, 3.8) is 0 Å². The Morgan fingerprint density at radius 1 is 1.00 bits per heavy atom. The fourth-order valence-corrected chi connectivity index (χ4v) is 1.03. The third-order valence-corrected chi connectivity index (χ3v) is 1.66. The molecule has 0 unspecified atom stereocenters. The molecule has 0 fully saturated rings. The summed E-state index contributed by atoms with van der Waals surface area (Å²) in [6, 6.07) is 0. The van der Waals surface area contributed by atoms with Gasteiger partial charge in [0, 0.05) is 12.8 Å². The Morgan fingerprint density at radius 3 is 1.87 bits per heavy atom. The average molecular weight is 216 g/mol. The van der Waals surface area contributed by atoms with Gasteiger partial charge in [0.15, 0.2) is 0 Å². The van der Waals surface area contributed by atoms with Gasteiger partial charge in [0.05, 0.1) is 7.11 Å². The Morgan fingerprint density at radius 2 is 1.47 bits per heavy atom. The fraction of sp³-hybridized carbons (Fsp3) is 0.818. The number of ether oxygens (including phenoxy) is 2. The lowest BCUT2D eigenvalue weighted by Gasteiger charge is -2.19. The van der Waals surface area contributed by atoms with Crippen LogP contribution in [-0.4, -0.2) is 24.6 Å². The van der Waals surface area contributed by atoms with Crippen LogP contribution in [0.4, 0.5) is 0 Å². The van der Waals surface area contributed by atoms with Crippen LogP contribution in [0.25, 0.3) is 0 Å². The van der Waals surface area contributed by atoms with Crippen LogP contribution in [0, 0.1) is 0 Å². The Kier molecular flexibility index (Phi) is 5.97. The molecule has 0 radical (unpaired) electrons. The predicted octanol–water partition coefficient (Wildman–Crippen LogP) is 2.06. The number of carbonyl (C=O) groups is 2. The molecule has 0 N–H and O–H groups in total. The molecule has 0 aromatic carbocycles. The van der Waals surface area contributed by atoms with E-state index in [1.807, 2.05) is 20.8 Å². The lowest BCUT2D eigenvalue weighted by Crippen LogP contribution is -2.23. The summed E-state index contributed by atoms with van der Waals surface area (Å²) in [7, 11) is 1.36. The molecule has 0 bridgehead atoms. The highest BCUT2D eigenvalue weighted by Crippen LogP contribution is 2.10. The van der Waals surface area contributed by atoms with Crippen molar-refractivity contribution in [2.45, 2.75) is 52.1 Å². The van der Waals surface area contributed by atoms with Gasteiger partial charge in [-0.25, -0.2) is 0 Å². The van der Waals surface area contributed by atoms with Gasteiger partial charge in [0.2, 0.25) is 0 Å². The summed E-state index contributed by atoms with van der Waals surface area (Å²) in [4.78, 5) is 22.0. The second-order valence-electron chi connectivity index (χ2n) is 4.37. The average Bonchev–Trinajstić information content (AvgIpc) is 2.09. The maximum atomic E-state index is 11.2. The van der Waals surface area contributed by atoms with Gasteiger partial charge in [-0.2, -0.15) is 0 Å². The summed E-state index contributed by atoms with van der Waals surface area (Å²) < 4.78 is 9.60. The van der Waals surface area contributed by atoms with Crippen LogP contribution in [-0.2, 0) is 19.1 Å². The summed E-state index contributed by atoms with van der Waals surface area (Å²) in [5.74, 6) is -0.452. The van der Waals surface area contributed by atoms with Crippen LogP contribution in [0.1, 0.15) is 46.5 Å². The number of unbranched alkanes of at least 4 members (excludes halogenated alkanes) is 1. The largest absolute Gasteiger partial charge is 0.469 e. The highest BCUT2D eigenvalue weighted by molar-refractivity contribution is 5.70. The van der Waals surface area contributed by atoms with E-state index in [1.165, 1.54) is 7.11 Å². The highest BCUT2D eigenvalue weighted by Gasteiger charge is 2.15. The minimum atomic E-state index is -0.431. The van der Waals surface area contributed by atoms with Crippen molar-refractivity contribution in [1.29, 1.82) is 0 Å². The van der Waals surface area contributed by atoms with Crippen molar-refractivity contribution in [2.75, 3.05) is 7.11 Å². The maximum Gasteiger partial charge on any atom is 0.306 e. The predicted molar refractivity (Wildman–Crippen MR) is 56.3 cm³/mol.